The first kappa shape index (κ1) is 12.3. The molecule has 96 valence electrons. The van der Waals surface area contributed by atoms with E-state index in [4.69, 9.17) is 5.11 Å². The van der Waals surface area contributed by atoms with Crippen molar-refractivity contribution in [1.82, 2.24) is 10.3 Å². The van der Waals surface area contributed by atoms with E-state index in [9.17, 15) is 14.0 Å². The third kappa shape index (κ3) is 2.55. The van der Waals surface area contributed by atoms with Crippen molar-refractivity contribution in [2.75, 3.05) is 24.5 Å². The molecule has 1 amide bonds. The number of nitrogens with zero attached hydrogens (tertiary/aromatic N) is 2. The molecule has 6 nitrogen and oxygen atoms in total. The number of hydrogen-bond acceptors (Lipinski definition) is 4. The topological polar surface area (TPSA) is 82.5 Å². The molecule has 0 radical (unpaired) electrons. The van der Waals surface area contributed by atoms with Crippen LogP contribution in [0.4, 0.5) is 10.2 Å². The van der Waals surface area contributed by atoms with Crippen molar-refractivity contribution >= 4 is 17.7 Å². The molecular weight excluding hydrogens is 241 g/mol. The maximum Gasteiger partial charge on any atom is 0.339 e. The van der Waals surface area contributed by atoms with Crippen LogP contribution in [0.1, 0.15) is 16.8 Å². The summed E-state index contributed by atoms with van der Waals surface area (Å²) in [6.07, 6.45) is 1.24. The number of anilines is 1. The molecule has 7 heteroatoms. The Kier molecular flexibility index (Phi) is 3.40. The van der Waals surface area contributed by atoms with Crippen LogP contribution in [0.3, 0.4) is 0 Å². The molecule has 0 atom stereocenters. The van der Waals surface area contributed by atoms with Crippen LogP contribution in [0.15, 0.2) is 12.3 Å². The molecule has 2 rings (SSSR count). The molecule has 1 aliphatic rings. The maximum absolute atomic E-state index is 13.0. The minimum absolute atomic E-state index is 0.0866. The lowest BCUT2D eigenvalue weighted by atomic mass is 10.2. The zero-order valence-corrected chi connectivity index (χ0v) is 9.52. The molecule has 0 bridgehead atoms. The van der Waals surface area contributed by atoms with Gasteiger partial charge in [-0.15, -0.1) is 0 Å². The quantitative estimate of drug-likeness (QED) is 0.789. The highest BCUT2D eigenvalue weighted by Crippen LogP contribution is 2.19. The van der Waals surface area contributed by atoms with Gasteiger partial charge in [-0.3, -0.25) is 4.79 Å². The highest BCUT2D eigenvalue weighted by Gasteiger charge is 2.21. The molecular formula is C11H12FN3O3. The first-order valence-electron chi connectivity index (χ1n) is 5.48. The summed E-state index contributed by atoms with van der Waals surface area (Å²) in [6.45, 7) is 1.23. The SMILES string of the molecule is O=C1CCN(c2ncc(F)cc2C(=O)O)CCN1. The van der Waals surface area contributed by atoms with Gasteiger partial charge in [-0.05, 0) is 6.07 Å². The van der Waals surface area contributed by atoms with Gasteiger partial charge in [0.05, 0.1) is 6.20 Å². The molecule has 0 unspecified atom stereocenters. The summed E-state index contributed by atoms with van der Waals surface area (Å²) in [4.78, 5) is 27.7. The second kappa shape index (κ2) is 4.99. The molecule has 0 spiro atoms. The number of aromatic carboxylic acids is 1. The van der Waals surface area contributed by atoms with Gasteiger partial charge < -0.3 is 15.3 Å². The lowest BCUT2D eigenvalue weighted by Gasteiger charge is -2.22. The van der Waals surface area contributed by atoms with Crippen molar-refractivity contribution in [3.8, 4) is 0 Å². The number of carbonyl (C=O) groups excluding carboxylic acids is 1. The molecule has 0 aliphatic carbocycles. The van der Waals surface area contributed by atoms with Crippen molar-refractivity contribution in [1.29, 1.82) is 0 Å². The number of amides is 1. The zero-order chi connectivity index (χ0) is 13.1. The summed E-state index contributed by atoms with van der Waals surface area (Å²) in [6, 6.07) is 0.935. The molecule has 1 fully saturated rings. The average Bonchev–Trinajstić information content (AvgIpc) is 2.54. The van der Waals surface area contributed by atoms with Gasteiger partial charge in [0, 0.05) is 26.1 Å². The van der Waals surface area contributed by atoms with E-state index in [1.165, 1.54) is 0 Å². The van der Waals surface area contributed by atoms with Crippen molar-refractivity contribution in [2.24, 2.45) is 0 Å². The van der Waals surface area contributed by atoms with Gasteiger partial charge in [0.2, 0.25) is 5.91 Å². The fourth-order valence-electron chi connectivity index (χ4n) is 1.82. The minimum atomic E-state index is -1.24. The van der Waals surface area contributed by atoms with Crippen LogP contribution in [-0.2, 0) is 4.79 Å². The predicted octanol–water partition coefficient (Wildman–Crippen LogP) is 0.245. The van der Waals surface area contributed by atoms with E-state index in [1.54, 1.807) is 4.90 Å². The standard InChI is InChI=1S/C11H12FN3O3/c12-7-5-8(11(17)18)10(14-6-7)15-3-1-9(16)13-2-4-15/h5-6H,1-4H2,(H,13,16)(H,17,18). The third-order valence-corrected chi connectivity index (χ3v) is 2.68. The van der Waals surface area contributed by atoms with Gasteiger partial charge in [0.25, 0.3) is 0 Å². The fraction of sp³-hybridized carbons (Fsp3) is 0.364. The van der Waals surface area contributed by atoms with Crippen LogP contribution in [-0.4, -0.2) is 41.6 Å². The zero-order valence-electron chi connectivity index (χ0n) is 9.52. The van der Waals surface area contributed by atoms with Crippen molar-refractivity contribution < 1.29 is 19.1 Å². The molecule has 18 heavy (non-hydrogen) atoms. The van der Waals surface area contributed by atoms with Gasteiger partial charge in [0.1, 0.15) is 17.2 Å². The highest BCUT2D eigenvalue weighted by atomic mass is 19.1. The number of nitrogens with one attached hydrogen (secondary N) is 1. The van der Waals surface area contributed by atoms with Crippen LogP contribution >= 0.6 is 0 Å². The number of aromatic nitrogens is 1. The number of carbonyl (C=O) groups is 2. The Balaban J connectivity index is 2.31. The molecule has 1 aromatic rings. The van der Waals surface area contributed by atoms with Gasteiger partial charge in [0.15, 0.2) is 0 Å². The second-order valence-electron chi connectivity index (χ2n) is 3.92. The largest absolute Gasteiger partial charge is 0.478 e. The molecule has 1 aliphatic heterocycles. The van der Waals surface area contributed by atoms with E-state index in [0.29, 0.717) is 19.6 Å². The highest BCUT2D eigenvalue weighted by molar-refractivity contribution is 5.93. The summed E-state index contributed by atoms with van der Waals surface area (Å²) in [5, 5.41) is 11.7. The van der Waals surface area contributed by atoms with E-state index in [-0.39, 0.29) is 23.7 Å². The van der Waals surface area contributed by atoms with Gasteiger partial charge in [-0.25, -0.2) is 14.2 Å². The molecule has 1 saturated heterocycles. The molecule has 0 aromatic carbocycles. The van der Waals surface area contributed by atoms with E-state index in [0.717, 1.165) is 12.3 Å². The first-order chi connectivity index (χ1) is 8.58. The number of carboxylic acid groups (broad SMARTS) is 1. The monoisotopic (exact) mass is 253 g/mol. The number of carboxylic acids is 1. The maximum atomic E-state index is 13.0. The molecule has 0 saturated carbocycles. The summed E-state index contributed by atoms with van der Waals surface area (Å²) < 4.78 is 13.0. The number of pyridine rings is 1. The summed E-state index contributed by atoms with van der Waals surface area (Å²) in [5.74, 6) is -1.82. The fourth-order valence-corrected chi connectivity index (χ4v) is 1.82. The normalized spacial score (nSPS) is 16.1. The summed E-state index contributed by atoms with van der Waals surface area (Å²) >= 11 is 0. The van der Waals surface area contributed by atoms with Crippen LogP contribution in [0.25, 0.3) is 0 Å². The lowest BCUT2D eigenvalue weighted by molar-refractivity contribution is -0.120. The Hall–Kier alpha value is -2.18. The summed E-state index contributed by atoms with van der Waals surface area (Å²) in [7, 11) is 0. The predicted molar refractivity (Wildman–Crippen MR) is 61.0 cm³/mol. The second-order valence-corrected chi connectivity index (χ2v) is 3.92. The number of rotatable bonds is 2. The van der Waals surface area contributed by atoms with Gasteiger partial charge in [-0.1, -0.05) is 0 Å². The molecule has 2 heterocycles. The van der Waals surface area contributed by atoms with Crippen molar-refractivity contribution in [2.45, 2.75) is 6.42 Å². The third-order valence-electron chi connectivity index (χ3n) is 2.68. The molecule has 1 aromatic heterocycles. The van der Waals surface area contributed by atoms with Crippen LogP contribution < -0.4 is 10.2 Å². The van der Waals surface area contributed by atoms with Gasteiger partial charge in [-0.2, -0.15) is 0 Å². The Bertz CT molecular complexity index is 492. The Morgan fingerprint density at radius 1 is 1.50 bits per heavy atom. The van der Waals surface area contributed by atoms with E-state index < -0.39 is 11.8 Å². The van der Waals surface area contributed by atoms with Crippen LogP contribution in [0.5, 0.6) is 0 Å². The van der Waals surface area contributed by atoms with Crippen LogP contribution in [0.2, 0.25) is 0 Å². The van der Waals surface area contributed by atoms with E-state index >= 15 is 0 Å². The lowest BCUT2D eigenvalue weighted by Crippen LogP contribution is -2.30. The number of halogens is 1. The van der Waals surface area contributed by atoms with Crippen LogP contribution in [0, 0.1) is 5.82 Å². The first-order valence-corrected chi connectivity index (χ1v) is 5.48. The minimum Gasteiger partial charge on any atom is -0.478 e. The molecule has 2 N–H and O–H groups in total. The van der Waals surface area contributed by atoms with E-state index in [1.807, 2.05) is 0 Å². The average molecular weight is 253 g/mol. The van der Waals surface area contributed by atoms with E-state index in [2.05, 4.69) is 10.3 Å². The Morgan fingerprint density at radius 3 is 3.00 bits per heavy atom. The summed E-state index contributed by atoms with van der Waals surface area (Å²) in [5.41, 5.74) is -0.190. The Labute approximate surface area is 102 Å². The number of hydrogen-bond donors (Lipinski definition) is 2. The van der Waals surface area contributed by atoms with Crippen molar-refractivity contribution in [3.05, 3.63) is 23.6 Å². The smallest absolute Gasteiger partial charge is 0.339 e. The van der Waals surface area contributed by atoms with Crippen molar-refractivity contribution in [3.63, 3.8) is 0 Å². The Morgan fingerprint density at radius 2 is 2.28 bits per heavy atom. The van der Waals surface area contributed by atoms with Gasteiger partial charge >= 0.3 is 5.97 Å².